The number of fused-ring (bicyclic) bond motifs is 1. The van der Waals surface area contributed by atoms with Gasteiger partial charge in [-0.2, -0.15) is 0 Å². The first-order valence-electron chi connectivity index (χ1n) is 8.34. The van der Waals surface area contributed by atoms with Crippen LogP contribution < -0.4 is 0 Å². The molecule has 0 spiro atoms. The standard InChI is InChI=1S/C18H28O4/c1-12-8-9-14-17(2,13(12)6-4-7-15(19)20)10-5-11-18(14,3)16(21)22/h13-14H,1,4-11H2,2-3H3,(H,19,20)(H,21,22). The lowest BCUT2D eigenvalue weighted by atomic mass is 9.46. The number of carboxylic acids is 2. The molecule has 4 nitrogen and oxygen atoms in total. The maximum Gasteiger partial charge on any atom is 0.309 e. The molecule has 22 heavy (non-hydrogen) atoms. The zero-order valence-electron chi connectivity index (χ0n) is 13.7. The molecule has 2 rings (SSSR count). The van der Waals surface area contributed by atoms with E-state index in [2.05, 4.69) is 13.5 Å². The van der Waals surface area contributed by atoms with Crippen LogP contribution in [0.2, 0.25) is 0 Å². The number of hydrogen-bond acceptors (Lipinski definition) is 2. The van der Waals surface area contributed by atoms with Crippen LogP contribution in [0.5, 0.6) is 0 Å². The number of carboxylic acid groups (broad SMARTS) is 2. The fourth-order valence-electron chi connectivity index (χ4n) is 5.20. The van der Waals surface area contributed by atoms with E-state index < -0.39 is 17.4 Å². The second-order valence-corrected chi connectivity index (χ2v) is 7.67. The third kappa shape index (κ3) is 2.80. The van der Waals surface area contributed by atoms with Gasteiger partial charge in [0.15, 0.2) is 0 Å². The van der Waals surface area contributed by atoms with E-state index in [-0.39, 0.29) is 23.7 Å². The molecule has 0 aromatic carbocycles. The van der Waals surface area contributed by atoms with Crippen molar-refractivity contribution in [1.29, 1.82) is 0 Å². The van der Waals surface area contributed by atoms with Crippen molar-refractivity contribution >= 4 is 11.9 Å². The first-order valence-corrected chi connectivity index (χ1v) is 8.34. The molecule has 2 aliphatic rings. The molecule has 2 saturated carbocycles. The highest BCUT2D eigenvalue weighted by molar-refractivity contribution is 5.75. The van der Waals surface area contributed by atoms with Crippen molar-refractivity contribution < 1.29 is 19.8 Å². The Kier molecular flexibility index (Phi) is 4.69. The number of hydrogen-bond donors (Lipinski definition) is 2. The van der Waals surface area contributed by atoms with Crippen LogP contribution in [0.3, 0.4) is 0 Å². The summed E-state index contributed by atoms with van der Waals surface area (Å²) in [6.07, 6.45) is 6.11. The van der Waals surface area contributed by atoms with Crippen molar-refractivity contribution in [3.8, 4) is 0 Å². The summed E-state index contributed by atoms with van der Waals surface area (Å²) in [6, 6.07) is 0. The lowest BCUT2D eigenvalue weighted by Crippen LogP contribution is -2.53. The van der Waals surface area contributed by atoms with Crippen LogP contribution in [0, 0.1) is 22.7 Å². The molecular formula is C18H28O4. The number of carbonyl (C=O) groups is 2. The molecule has 124 valence electrons. The van der Waals surface area contributed by atoms with Crippen molar-refractivity contribution in [2.75, 3.05) is 0 Å². The maximum absolute atomic E-state index is 11.9. The Labute approximate surface area is 132 Å². The van der Waals surface area contributed by atoms with E-state index in [1.807, 2.05) is 6.92 Å². The molecule has 0 heterocycles. The number of aliphatic carboxylic acids is 2. The molecule has 0 aromatic heterocycles. The number of rotatable bonds is 5. The van der Waals surface area contributed by atoms with Gasteiger partial charge in [-0.25, -0.2) is 0 Å². The van der Waals surface area contributed by atoms with Crippen LogP contribution in [0.4, 0.5) is 0 Å². The Bertz CT molecular complexity index is 483. The minimum Gasteiger partial charge on any atom is -0.481 e. The smallest absolute Gasteiger partial charge is 0.309 e. The average Bonchev–Trinajstić information content (AvgIpc) is 2.41. The monoisotopic (exact) mass is 308 g/mol. The largest absolute Gasteiger partial charge is 0.481 e. The maximum atomic E-state index is 11.9. The third-order valence-electron chi connectivity index (χ3n) is 6.39. The predicted molar refractivity (Wildman–Crippen MR) is 84.5 cm³/mol. The molecule has 0 bridgehead atoms. The van der Waals surface area contributed by atoms with E-state index in [4.69, 9.17) is 5.11 Å². The highest BCUT2D eigenvalue weighted by Gasteiger charge is 2.57. The zero-order chi connectivity index (χ0) is 16.5. The summed E-state index contributed by atoms with van der Waals surface area (Å²) in [5.41, 5.74) is 0.483. The van der Waals surface area contributed by atoms with Crippen LogP contribution in [0.1, 0.15) is 65.2 Å². The number of allylic oxidation sites excluding steroid dienone is 1. The van der Waals surface area contributed by atoms with Gasteiger partial charge in [-0.3, -0.25) is 9.59 Å². The van der Waals surface area contributed by atoms with E-state index in [9.17, 15) is 14.7 Å². The van der Waals surface area contributed by atoms with Crippen molar-refractivity contribution in [3.05, 3.63) is 12.2 Å². The molecule has 0 amide bonds. The molecule has 0 saturated heterocycles. The Morgan fingerprint density at radius 3 is 2.55 bits per heavy atom. The molecule has 0 aromatic rings. The van der Waals surface area contributed by atoms with Gasteiger partial charge < -0.3 is 10.2 Å². The summed E-state index contributed by atoms with van der Waals surface area (Å²) >= 11 is 0. The predicted octanol–water partition coefficient (Wildman–Crippen LogP) is 4.10. The molecule has 0 radical (unpaired) electrons. The second kappa shape index (κ2) is 6.05. The molecule has 2 N–H and O–H groups in total. The van der Waals surface area contributed by atoms with Crippen molar-refractivity contribution in [1.82, 2.24) is 0 Å². The van der Waals surface area contributed by atoms with Crippen LogP contribution in [0.15, 0.2) is 12.2 Å². The third-order valence-corrected chi connectivity index (χ3v) is 6.39. The molecule has 2 aliphatic carbocycles. The Morgan fingerprint density at radius 2 is 1.95 bits per heavy atom. The molecule has 0 aliphatic heterocycles. The summed E-state index contributed by atoms with van der Waals surface area (Å²) in [4.78, 5) is 22.6. The van der Waals surface area contributed by atoms with Gasteiger partial charge in [0.25, 0.3) is 0 Å². The van der Waals surface area contributed by atoms with Gasteiger partial charge in [-0.1, -0.05) is 25.5 Å². The molecular weight excluding hydrogens is 280 g/mol. The van der Waals surface area contributed by atoms with Gasteiger partial charge in [-0.05, 0) is 62.7 Å². The van der Waals surface area contributed by atoms with Gasteiger partial charge in [0.1, 0.15) is 0 Å². The highest BCUT2D eigenvalue weighted by atomic mass is 16.4. The molecule has 4 unspecified atom stereocenters. The van der Waals surface area contributed by atoms with E-state index in [0.29, 0.717) is 6.42 Å². The van der Waals surface area contributed by atoms with Crippen LogP contribution >= 0.6 is 0 Å². The van der Waals surface area contributed by atoms with Gasteiger partial charge in [0.05, 0.1) is 5.41 Å². The quantitative estimate of drug-likeness (QED) is 0.750. The van der Waals surface area contributed by atoms with Crippen molar-refractivity contribution in [2.45, 2.75) is 65.2 Å². The van der Waals surface area contributed by atoms with E-state index in [1.165, 1.54) is 5.57 Å². The topological polar surface area (TPSA) is 74.6 Å². The highest BCUT2D eigenvalue weighted by Crippen LogP contribution is 2.61. The van der Waals surface area contributed by atoms with Gasteiger partial charge in [-0.15, -0.1) is 0 Å². The minimum atomic E-state index is -0.762. The summed E-state index contributed by atoms with van der Waals surface area (Å²) < 4.78 is 0. The first-order chi connectivity index (χ1) is 10.2. The van der Waals surface area contributed by atoms with E-state index >= 15 is 0 Å². The fraction of sp³-hybridized carbons (Fsp3) is 0.778. The molecule has 4 atom stereocenters. The summed E-state index contributed by atoms with van der Waals surface area (Å²) in [6.45, 7) is 8.35. The Morgan fingerprint density at radius 1 is 1.27 bits per heavy atom. The molecule has 2 fully saturated rings. The lowest BCUT2D eigenvalue weighted by Gasteiger charge is -2.57. The van der Waals surface area contributed by atoms with Crippen LogP contribution in [-0.4, -0.2) is 22.2 Å². The van der Waals surface area contributed by atoms with Crippen LogP contribution in [0.25, 0.3) is 0 Å². The van der Waals surface area contributed by atoms with Crippen molar-refractivity contribution in [2.24, 2.45) is 22.7 Å². The van der Waals surface area contributed by atoms with Gasteiger partial charge >= 0.3 is 11.9 Å². The van der Waals surface area contributed by atoms with Gasteiger partial charge in [0, 0.05) is 6.42 Å². The normalized spacial score (nSPS) is 38.4. The van der Waals surface area contributed by atoms with Crippen LogP contribution in [-0.2, 0) is 9.59 Å². The van der Waals surface area contributed by atoms with E-state index in [1.54, 1.807) is 0 Å². The second-order valence-electron chi connectivity index (χ2n) is 7.67. The SMILES string of the molecule is C=C1CCC2C(C)(C(=O)O)CCCC2(C)C1CCCC(=O)O. The Hall–Kier alpha value is -1.32. The van der Waals surface area contributed by atoms with Crippen molar-refractivity contribution in [3.63, 3.8) is 0 Å². The average molecular weight is 308 g/mol. The Balaban J connectivity index is 2.24. The lowest BCUT2D eigenvalue weighted by molar-refractivity contribution is -0.164. The van der Waals surface area contributed by atoms with E-state index in [0.717, 1.165) is 38.5 Å². The molecule has 4 heteroatoms. The summed E-state index contributed by atoms with van der Waals surface area (Å²) in [7, 11) is 0. The fourth-order valence-corrected chi connectivity index (χ4v) is 5.20. The summed E-state index contributed by atoms with van der Waals surface area (Å²) in [5.74, 6) is -1.03. The van der Waals surface area contributed by atoms with Gasteiger partial charge in [0.2, 0.25) is 0 Å². The zero-order valence-corrected chi connectivity index (χ0v) is 13.7. The summed E-state index contributed by atoms with van der Waals surface area (Å²) in [5, 5.41) is 18.6. The first kappa shape index (κ1) is 17.0. The minimum absolute atomic E-state index is 0.0563.